The number of carbonyl (C=O) groups excluding carboxylic acids is 1. The molecule has 2 saturated carbocycles. The summed E-state index contributed by atoms with van der Waals surface area (Å²) in [6.07, 6.45) is 0.654. The van der Waals surface area contributed by atoms with Crippen molar-refractivity contribution in [3.8, 4) is 6.07 Å². The number of carbonyl (C=O) groups is 1. The van der Waals surface area contributed by atoms with Crippen molar-refractivity contribution in [1.29, 1.82) is 5.26 Å². The Hall–Kier alpha value is -2.30. The minimum atomic E-state index is -4.61. The van der Waals surface area contributed by atoms with Crippen molar-refractivity contribution in [1.82, 2.24) is 10.3 Å². The van der Waals surface area contributed by atoms with Crippen LogP contribution in [0.3, 0.4) is 0 Å². The van der Waals surface area contributed by atoms with E-state index >= 15 is 0 Å². The summed E-state index contributed by atoms with van der Waals surface area (Å²) in [4.78, 5) is 18.0. The molecule has 0 radical (unpaired) electrons. The van der Waals surface area contributed by atoms with Crippen molar-refractivity contribution < 1.29 is 18.0 Å². The zero-order valence-electron chi connectivity index (χ0n) is 14.8. The van der Waals surface area contributed by atoms with E-state index in [1.165, 1.54) is 25.3 Å². The molecule has 0 aromatic carbocycles. The molecule has 144 valence electrons. The van der Waals surface area contributed by atoms with Gasteiger partial charge in [-0.3, -0.25) is 4.79 Å². The minimum Gasteiger partial charge on any atom is -0.356 e. The molecule has 1 amide bonds. The van der Waals surface area contributed by atoms with Crippen molar-refractivity contribution in [2.24, 2.45) is 17.8 Å². The third kappa shape index (κ3) is 3.60. The lowest BCUT2D eigenvalue weighted by Crippen LogP contribution is -2.42. The van der Waals surface area contributed by atoms with Crippen molar-refractivity contribution in [3.05, 3.63) is 23.4 Å². The first kappa shape index (κ1) is 18.1. The molecule has 4 atom stereocenters. The van der Waals surface area contributed by atoms with Gasteiger partial charge in [-0.15, -0.1) is 0 Å². The Morgan fingerprint density at radius 2 is 2.07 bits per heavy atom. The highest BCUT2D eigenvalue weighted by Gasteiger charge is 2.41. The fraction of sp³-hybridized carbons (Fsp3) is 0.632. The second-order valence-corrected chi connectivity index (χ2v) is 7.93. The summed E-state index contributed by atoms with van der Waals surface area (Å²) in [5, 5.41) is 12.2. The number of aromatic nitrogens is 1. The first-order valence-corrected chi connectivity index (χ1v) is 9.38. The van der Waals surface area contributed by atoms with Crippen LogP contribution >= 0.6 is 0 Å². The third-order valence-electron chi connectivity index (χ3n) is 6.18. The zero-order chi connectivity index (χ0) is 19.2. The van der Waals surface area contributed by atoms with Crippen LogP contribution in [-0.4, -0.2) is 30.0 Å². The van der Waals surface area contributed by atoms with Gasteiger partial charge >= 0.3 is 6.18 Å². The molecule has 0 unspecified atom stereocenters. The highest BCUT2D eigenvalue weighted by atomic mass is 19.4. The molecule has 1 N–H and O–H groups in total. The number of amides is 1. The molecule has 2 bridgehead atoms. The van der Waals surface area contributed by atoms with Gasteiger partial charge in [-0.25, -0.2) is 4.98 Å². The van der Waals surface area contributed by atoms with Crippen LogP contribution in [0.15, 0.2) is 12.1 Å². The predicted octanol–water partition coefficient (Wildman–Crippen LogP) is 3.10. The number of fused-ring (bicyclic) bond motifs is 2. The highest BCUT2D eigenvalue weighted by molar-refractivity contribution is 5.80. The van der Waals surface area contributed by atoms with Crippen LogP contribution in [0.4, 0.5) is 19.0 Å². The molecule has 3 aliphatic rings. The van der Waals surface area contributed by atoms with Gasteiger partial charge in [-0.1, -0.05) is 6.42 Å². The lowest BCUT2D eigenvalue weighted by molar-refractivity contribution is -0.141. The van der Waals surface area contributed by atoms with E-state index in [1.54, 1.807) is 11.0 Å². The molecular formula is C19H21F3N4O. The largest absolute Gasteiger partial charge is 0.433 e. The zero-order valence-corrected chi connectivity index (χ0v) is 14.8. The summed E-state index contributed by atoms with van der Waals surface area (Å²) in [5.74, 6) is 1.16. The van der Waals surface area contributed by atoms with E-state index in [2.05, 4.69) is 10.3 Å². The second-order valence-electron chi connectivity index (χ2n) is 7.93. The number of nitriles is 1. The fourth-order valence-corrected chi connectivity index (χ4v) is 4.79. The molecule has 1 saturated heterocycles. The maximum Gasteiger partial charge on any atom is 0.433 e. The second kappa shape index (κ2) is 6.70. The quantitative estimate of drug-likeness (QED) is 0.878. The van der Waals surface area contributed by atoms with E-state index in [0.29, 0.717) is 25.4 Å². The van der Waals surface area contributed by atoms with E-state index in [9.17, 15) is 18.0 Å². The van der Waals surface area contributed by atoms with Crippen LogP contribution in [0.25, 0.3) is 0 Å². The van der Waals surface area contributed by atoms with Gasteiger partial charge in [0, 0.05) is 19.1 Å². The summed E-state index contributed by atoms with van der Waals surface area (Å²) in [6.45, 7) is 0.778. The number of halogens is 3. The number of hydrogen-bond donors (Lipinski definition) is 1. The average molecular weight is 378 g/mol. The molecule has 1 aliphatic heterocycles. The predicted molar refractivity (Wildman–Crippen MR) is 91.7 cm³/mol. The Balaban J connectivity index is 1.43. The smallest absolute Gasteiger partial charge is 0.356 e. The van der Waals surface area contributed by atoms with Crippen LogP contribution in [0, 0.1) is 29.1 Å². The summed E-state index contributed by atoms with van der Waals surface area (Å²) >= 11 is 0. The summed E-state index contributed by atoms with van der Waals surface area (Å²) < 4.78 is 39.1. The van der Waals surface area contributed by atoms with E-state index in [4.69, 9.17) is 5.26 Å². The fourth-order valence-electron chi connectivity index (χ4n) is 4.79. The first-order valence-electron chi connectivity index (χ1n) is 9.38. The Labute approximate surface area is 155 Å². The Kier molecular flexibility index (Phi) is 4.49. The van der Waals surface area contributed by atoms with Gasteiger partial charge in [0.05, 0.1) is 17.6 Å². The van der Waals surface area contributed by atoms with Crippen molar-refractivity contribution in [2.75, 3.05) is 18.0 Å². The highest BCUT2D eigenvalue weighted by Crippen LogP contribution is 2.44. The van der Waals surface area contributed by atoms with Gasteiger partial charge in [0.1, 0.15) is 11.5 Å². The molecular weight excluding hydrogens is 357 g/mol. The molecule has 4 rings (SSSR count). The number of anilines is 1. The van der Waals surface area contributed by atoms with E-state index < -0.39 is 11.9 Å². The lowest BCUT2D eigenvalue weighted by Gasteiger charge is -2.24. The minimum absolute atomic E-state index is 0.0115. The van der Waals surface area contributed by atoms with Gasteiger partial charge < -0.3 is 10.2 Å². The number of pyridine rings is 1. The number of alkyl halides is 3. The molecule has 1 aromatic rings. The summed E-state index contributed by atoms with van der Waals surface area (Å²) in [7, 11) is 0. The van der Waals surface area contributed by atoms with Crippen LogP contribution < -0.4 is 10.2 Å². The van der Waals surface area contributed by atoms with Gasteiger partial charge in [0.2, 0.25) is 5.91 Å². The standard InChI is InChI=1S/C19H21F3N4O/c20-19(21,22)16-7-12(9-23)8-17(25-16)26-4-3-14(10-26)18(27)24-15-6-11-1-2-13(15)5-11/h7-8,11,13-15H,1-6,10H2,(H,24,27)/t11-,13+,14+,15-/m1/s1. The van der Waals surface area contributed by atoms with Gasteiger partial charge in [-0.05, 0) is 49.7 Å². The molecule has 0 spiro atoms. The normalized spacial score (nSPS) is 29.8. The van der Waals surface area contributed by atoms with Crippen LogP contribution in [0.2, 0.25) is 0 Å². The topological polar surface area (TPSA) is 69.0 Å². The van der Waals surface area contributed by atoms with E-state index in [1.807, 2.05) is 0 Å². The van der Waals surface area contributed by atoms with Crippen molar-refractivity contribution in [2.45, 2.75) is 44.3 Å². The van der Waals surface area contributed by atoms with E-state index in [-0.39, 0.29) is 29.2 Å². The van der Waals surface area contributed by atoms with Crippen LogP contribution in [0.5, 0.6) is 0 Å². The summed E-state index contributed by atoms with van der Waals surface area (Å²) in [6, 6.07) is 4.11. The van der Waals surface area contributed by atoms with Gasteiger partial charge in [0.25, 0.3) is 0 Å². The maximum atomic E-state index is 13.0. The first-order chi connectivity index (χ1) is 12.8. The lowest BCUT2D eigenvalue weighted by atomic mass is 9.94. The molecule has 5 nitrogen and oxygen atoms in total. The molecule has 1 aromatic heterocycles. The maximum absolute atomic E-state index is 13.0. The molecule has 2 heterocycles. The monoisotopic (exact) mass is 378 g/mol. The van der Waals surface area contributed by atoms with E-state index in [0.717, 1.165) is 18.4 Å². The number of rotatable bonds is 3. The molecule has 8 heteroatoms. The Morgan fingerprint density at radius 1 is 1.26 bits per heavy atom. The Bertz CT molecular complexity index is 788. The molecule has 2 aliphatic carbocycles. The SMILES string of the molecule is N#Cc1cc(N2CC[C@H](C(=O)N[C@@H]3C[C@@H]4CC[C@H]3C4)C2)nc(C(F)(F)F)c1. The number of nitrogens with zero attached hydrogens (tertiary/aromatic N) is 3. The van der Waals surface area contributed by atoms with Crippen molar-refractivity contribution in [3.63, 3.8) is 0 Å². The average Bonchev–Trinajstić information content (AvgIpc) is 3.37. The third-order valence-corrected chi connectivity index (χ3v) is 6.18. The number of nitrogens with one attached hydrogen (secondary N) is 1. The number of hydrogen-bond acceptors (Lipinski definition) is 4. The van der Waals surface area contributed by atoms with Crippen LogP contribution in [-0.2, 0) is 11.0 Å². The van der Waals surface area contributed by atoms with Crippen molar-refractivity contribution >= 4 is 11.7 Å². The molecule has 27 heavy (non-hydrogen) atoms. The summed E-state index contributed by atoms with van der Waals surface area (Å²) in [5.41, 5.74) is -1.16. The van der Waals surface area contributed by atoms with Gasteiger partial charge in [0.15, 0.2) is 0 Å². The Morgan fingerprint density at radius 3 is 2.70 bits per heavy atom. The van der Waals surface area contributed by atoms with Crippen LogP contribution in [0.1, 0.15) is 43.4 Å². The van der Waals surface area contributed by atoms with Gasteiger partial charge in [-0.2, -0.15) is 18.4 Å². The molecule has 3 fully saturated rings.